The predicted octanol–water partition coefficient (Wildman–Crippen LogP) is 2.45. The molecule has 1 aliphatic rings. The van der Waals surface area contributed by atoms with Crippen LogP contribution in [0.25, 0.3) is 0 Å². The van der Waals surface area contributed by atoms with Crippen molar-refractivity contribution < 1.29 is 4.74 Å². The third-order valence-corrected chi connectivity index (χ3v) is 3.26. The van der Waals surface area contributed by atoms with Gasteiger partial charge >= 0.3 is 0 Å². The summed E-state index contributed by atoms with van der Waals surface area (Å²) in [6.45, 7) is 6.89. The lowest BCUT2D eigenvalue weighted by Crippen LogP contribution is -2.21. The maximum atomic E-state index is 5.40. The maximum absolute atomic E-state index is 5.40. The van der Waals surface area contributed by atoms with Crippen LogP contribution in [0.1, 0.15) is 38.7 Å². The number of nitrogens with one attached hydrogen (secondary N) is 2. The van der Waals surface area contributed by atoms with Crippen LogP contribution in [0.15, 0.2) is 6.33 Å². The zero-order valence-corrected chi connectivity index (χ0v) is 11.9. The fourth-order valence-corrected chi connectivity index (χ4v) is 2.26. The van der Waals surface area contributed by atoms with E-state index in [1.807, 2.05) is 0 Å². The second kappa shape index (κ2) is 7.28. The van der Waals surface area contributed by atoms with Gasteiger partial charge in [-0.1, -0.05) is 20.3 Å². The van der Waals surface area contributed by atoms with Gasteiger partial charge in [-0.15, -0.1) is 0 Å². The Balaban J connectivity index is 2.14. The summed E-state index contributed by atoms with van der Waals surface area (Å²) in [4.78, 5) is 8.79. The molecule has 2 N–H and O–H groups in total. The van der Waals surface area contributed by atoms with Crippen LogP contribution in [0.5, 0.6) is 0 Å². The first kappa shape index (κ1) is 14.1. The Morgan fingerprint density at radius 3 is 2.79 bits per heavy atom. The molecule has 0 amide bonds. The molecule has 1 fully saturated rings. The van der Waals surface area contributed by atoms with E-state index in [2.05, 4.69) is 34.4 Å². The molecule has 1 aliphatic heterocycles. The van der Waals surface area contributed by atoms with Gasteiger partial charge < -0.3 is 15.4 Å². The van der Waals surface area contributed by atoms with Crippen LogP contribution >= 0.6 is 0 Å². The highest BCUT2D eigenvalue weighted by Crippen LogP contribution is 2.23. The van der Waals surface area contributed by atoms with E-state index in [0.717, 1.165) is 57.1 Å². The smallest absolute Gasteiger partial charge is 0.135 e. The largest absolute Gasteiger partial charge is 0.379 e. The topological polar surface area (TPSA) is 59.1 Å². The van der Waals surface area contributed by atoms with E-state index < -0.39 is 0 Å². The van der Waals surface area contributed by atoms with Gasteiger partial charge in [0.1, 0.15) is 18.0 Å². The van der Waals surface area contributed by atoms with Gasteiger partial charge in [-0.2, -0.15) is 0 Å². The lowest BCUT2D eigenvalue weighted by molar-refractivity contribution is 0.195. The maximum Gasteiger partial charge on any atom is 0.135 e. The van der Waals surface area contributed by atoms with Crippen molar-refractivity contribution in [3.8, 4) is 0 Å². The Hall–Kier alpha value is -1.36. The summed E-state index contributed by atoms with van der Waals surface area (Å²) in [5.41, 5.74) is 1.20. The van der Waals surface area contributed by atoms with Gasteiger partial charge in [0.15, 0.2) is 0 Å². The molecule has 0 radical (unpaired) electrons. The van der Waals surface area contributed by atoms with Gasteiger partial charge in [-0.3, -0.25) is 0 Å². The summed E-state index contributed by atoms with van der Waals surface area (Å²) in [7, 11) is 0. The fraction of sp³-hybridized carbons (Fsp3) is 0.714. The third kappa shape index (κ3) is 3.80. The van der Waals surface area contributed by atoms with E-state index in [1.165, 1.54) is 5.56 Å². The van der Waals surface area contributed by atoms with Crippen molar-refractivity contribution in [3.63, 3.8) is 0 Å². The Kier molecular flexibility index (Phi) is 5.39. The second-order valence-electron chi connectivity index (χ2n) is 4.93. The van der Waals surface area contributed by atoms with Crippen molar-refractivity contribution >= 4 is 11.6 Å². The zero-order valence-electron chi connectivity index (χ0n) is 11.9. The zero-order chi connectivity index (χ0) is 13.5. The molecule has 1 aromatic heterocycles. The third-order valence-electron chi connectivity index (χ3n) is 3.26. The summed E-state index contributed by atoms with van der Waals surface area (Å²) >= 11 is 0. The molecule has 0 bridgehead atoms. The van der Waals surface area contributed by atoms with Gasteiger partial charge in [0, 0.05) is 18.7 Å². The van der Waals surface area contributed by atoms with Crippen LogP contribution in [-0.4, -0.2) is 35.8 Å². The Morgan fingerprint density at radius 1 is 1.26 bits per heavy atom. The molecule has 5 heteroatoms. The van der Waals surface area contributed by atoms with Gasteiger partial charge in [0.05, 0.1) is 12.6 Å². The lowest BCUT2D eigenvalue weighted by atomic mass is 10.1. The summed E-state index contributed by atoms with van der Waals surface area (Å²) in [6, 6.07) is 0.379. The van der Waals surface area contributed by atoms with Crippen LogP contribution in [0, 0.1) is 0 Å². The molecule has 1 saturated heterocycles. The van der Waals surface area contributed by atoms with Gasteiger partial charge in [-0.05, 0) is 19.3 Å². The van der Waals surface area contributed by atoms with Crippen molar-refractivity contribution in [2.75, 3.05) is 30.4 Å². The molecule has 1 atom stereocenters. The first-order valence-corrected chi connectivity index (χ1v) is 7.27. The predicted molar refractivity (Wildman–Crippen MR) is 77.7 cm³/mol. The molecule has 5 nitrogen and oxygen atoms in total. The molecular weight excluding hydrogens is 240 g/mol. The minimum Gasteiger partial charge on any atom is -0.379 e. The van der Waals surface area contributed by atoms with Gasteiger partial charge in [0.2, 0.25) is 0 Å². The molecule has 0 aromatic carbocycles. The SMILES string of the molecule is CCCNc1ncnc(NC2CCOC2)c1CCC. The number of anilines is 2. The van der Waals surface area contributed by atoms with Crippen LogP contribution < -0.4 is 10.6 Å². The van der Waals surface area contributed by atoms with E-state index in [0.29, 0.717) is 6.04 Å². The molecule has 0 aliphatic carbocycles. The average Bonchev–Trinajstić information content (AvgIpc) is 2.92. The highest BCUT2D eigenvalue weighted by molar-refractivity contribution is 5.57. The van der Waals surface area contributed by atoms with Crippen molar-refractivity contribution in [3.05, 3.63) is 11.9 Å². The number of nitrogens with zero attached hydrogens (tertiary/aromatic N) is 2. The molecule has 0 saturated carbocycles. The Morgan fingerprint density at radius 2 is 2.11 bits per heavy atom. The summed E-state index contributed by atoms with van der Waals surface area (Å²) in [5.74, 6) is 1.94. The highest BCUT2D eigenvalue weighted by Gasteiger charge is 2.18. The van der Waals surface area contributed by atoms with Crippen molar-refractivity contribution in [2.45, 2.75) is 45.6 Å². The monoisotopic (exact) mass is 264 g/mol. The fourth-order valence-electron chi connectivity index (χ4n) is 2.26. The van der Waals surface area contributed by atoms with Gasteiger partial charge in [0.25, 0.3) is 0 Å². The van der Waals surface area contributed by atoms with Crippen LogP contribution in [0.2, 0.25) is 0 Å². The normalized spacial score (nSPS) is 18.5. The standard InChI is InChI=1S/C14H24N4O/c1-3-5-12-13(15-7-4-2)16-10-17-14(12)18-11-6-8-19-9-11/h10-11H,3-9H2,1-2H3,(H2,15,16,17,18). The molecule has 0 spiro atoms. The van der Waals surface area contributed by atoms with E-state index >= 15 is 0 Å². The lowest BCUT2D eigenvalue weighted by Gasteiger charge is -2.17. The number of rotatable bonds is 7. The van der Waals surface area contributed by atoms with Crippen LogP contribution in [0.3, 0.4) is 0 Å². The van der Waals surface area contributed by atoms with Crippen LogP contribution in [-0.2, 0) is 11.2 Å². The highest BCUT2D eigenvalue weighted by atomic mass is 16.5. The van der Waals surface area contributed by atoms with E-state index in [4.69, 9.17) is 4.74 Å². The number of aromatic nitrogens is 2. The molecular formula is C14H24N4O. The van der Waals surface area contributed by atoms with E-state index in [1.54, 1.807) is 6.33 Å². The Bertz CT molecular complexity index is 391. The number of hydrogen-bond donors (Lipinski definition) is 2. The van der Waals surface area contributed by atoms with Gasteiger partial charge in [-0.25, -0.2) is 9.97 Å². The summed E-state index contributed by atoms with van der Waals surface area (Å²) in [5, 5.41) is 6.89. The summed E-state index contributed by atoms with van der Waals surface area (Å²) in [6.07, 6.45) is 5.85. The summed E-state index contributed by atoms with van der Waals surface area (Å²) < 4.78 is 5.40. The van der Waals surface area contributed by atoms with Crippen molar-refractivity contribution in [1.82, 2.24) is 9.97 Å². The molecule has 2 rings (SSSR count). The van der Waals surface area contributed by atoms with Crippen molar-refractivity contribution in [2.24, 2.45) is 0 Å². The van der Waals surface area contributed by atoms with E-state index in [-0.39, 0.29) is 0 Å². The molecule has 2 heterocycles. The molecule has 1 aromatic rings. The number of ether oxygens (including phenoxy) is 1. The quantitative estimate of drug-likeness (QED) is 0.792. The molecule has 1 unspecified atom stereocenters. The second-order valence-corrected chi connectivity index (χ2v) is 4.93. The minimum absolute atomic E-state index is 0.379. The molecule has 19 heavy (non-hydrogen) atoms. The average molecular weight is 264 g/mol. The first-order chi connectivity index (χ1) is 9.35. The Labute approximate surface area is 115 Å². The number of hydrogen-bond acceptors (Lipinski definition) is 5. The minimum atomic E-state index is 0.379. The molecule has 106 valence electrons. The first-order valence-electron chi connectivity index (χ1n) is 7.27. The van der Waals surface area contributed by atoms with E-state index in [9.17, 15) is 0 Å². The van der Waals surface area contributed by atoms with Crippen molar-refractivity contribution in [1.29, 1.82) is 0 Å². The van der Waals surface area contributed by atoms with Crippen LogP contribution in [0.4, 0.5) is 11.6 Å².